The maximum atomic E-state index is 12.5. The lowest BCUT2D eigenvalue weighted by Crippen LogP contribution is -2.28. The van der Waals surface area contributed by atoms with Crippen LogP contribution in [0.5, 0.6) is 0 Å². The van der Waals surface area contributed by atoms with E-state index in [4.69, 9.17) is 4.74 Å². The molecule has 0 radical (unpaired) electrons. The second-order valence-corrected chi connectivity index (χ2v) is 7.95. The van der Waals surface area contributed by atoms with Gasteiger partial charge in [0.2, 0.25) is 10.0 Å². The van der Waals surface area contributed by atoms with Gasteiger partial charge >= 0.3 is 0 Å². The summed E-state index contributed by atoms with van der Waals surface area (Å²) in [5, 5.41) is 3.03. The molecule has 0 saturated heterocycles. The number of rotatable bonds is 7. The maximum absolute atomic E-state index is 12.5. The van der Waals surface area contributed by atoms with Crippen LogP contribution in [0, 0.1) is 0 Å². The van der Waals surface area contributed by atoms with Crippen LogP contribution in [0.4, 0.5) is 0 Å². The number of carbonyl (C=O) groups is 1. The summed E-state index contributed by atoms with van der Waals surface area (Å²) in [6.07, 6.45) is 1.83. The summed E-state index contributed by atoms with van der Waals surface area (Å²) in [6, 6.07) is 14.0. The number of ether oxygens (including phenoxy) is 1. The van der Waals surface area contributed by atoms with Crippen molar-refractivity contribution in [1.82, 2.24) is 10.0 Å². The molecule has 6 nitrogen and oxygen atoms in total. The molecule has 0 fully saturated rings. The second kappa shape index (κ2) is 7.99. The van der Waals surface area contributed by atoms with Gasteiger partial charge in [-0.15, -0.1) is 0 Å². The molecule has 0 bridgehead atoms. The number of hydrogen-bond donors (Lipinski definition) is 2. The zero-order chi connectivity index (χ0) is 18.6. The number of hydrogen-bond acceptors (Lipinski definition) is 4. The molecule has 26 heavy (non-hydrogen) atoms. The lowest BCUT2D eigenvalue weighted by atomic mass is 10.1. The van der Waals surface area contributed by atoms with Gasteiger partial charge in [-0.1, -0.05) is 24.3 Å². The zero-order valence-corrected chi connectivity index (χ0v) is 15.4. The summed E-state index contributed by atoms with van der Waals surface area (Å²) in [4.78, 5) is 12.6. The van der Waals surface area contributed by atoms with Crippen LogP contribution in [0.2, 0.25) is 0 Å². The molecule has 0 aliphatic heterocycles. The molecule has 1 amide bonds. The third kappa shape index (κ3) is 4.12. The van der Waals surface area contributed by atoms with Crippen LogP contribution in [-0.4, -0.2) is 34.6 Å². The summed E-state index contributed by atoms with van der Waals surface area (Å²) >= 11 is 0. The second-order valence-electron chi connectivity index (χ2n) is 6.18. The molecule has 1 aliphatic rings. The maximum Gasteiger partial charge on any atom is 0.251 e. The number of sulfonamides is 1. The minimum absolute atomic E-state index is 0.00202. The SMILES string of the molecule is COCCNS(=O)(=O)c1ccc(C(=O)N[C@@H]2CCc3ccccc32)cc1. The van der Waals surface area contributed by atoms with Crippen molar-refractivity contribution in [2.24, 2.45) is 0 Å². The van der Waals surface area contributed by atoms with Crippen LogP contribution in [0.25, 0.3) is 0 Å². The third-order valence-corrected chi connectivity index (χ3v) is 5.94. The van der Waals surface area contributed by atoms with E-state index in [-0.39, 0.29) is 23.4 Å². The molecule has 1 aliphatic carbocycles. The van der Waals surface area contributed by atoms with Crippen LogP contribution < -0.4 is 10.0 Å². The normalized spacial score (nSPS) is 16.3. The smallest absolute Gasteiger partial charge is 0.251 e. The summed E-state index contributed by atoms with van der Waals surface area (Å²) in [7, 11) is -2.09. The lowest BCUT2D eigenvalue weighted by molar-refractivity contribution is 0.0936. The molecule has 138 valence electrons. The quantitative estimate of drug-likeness (QED) is 0.727. The Balaban J connectivity index is 1.66. The average molecular weight is 374 g/mol. The topological polar surface area (TPSA) is 84.5 Å². The fourth-order valence-corrected chi connectivity index (χ4v) is 4.11. The first kappa shape index (κ1) is 18.6. The highest BCUT2D eigenvalue weighted by Crippen LogP contribution is 2.30. The summed E-state index contributed by atoms with van der Waals surface area (Å²) in [5.41, 5.74) is 2.86. The van der Waals surface area contributed by atoms with Crippen LogP contribution >= 0.6 is 0 Å². The standard InChI is InChI=1S/C19H22N2O4S/c1-25-13-12-20-26(23,24)16-9-6-15(7-10-16)19(22)21-18-11-8-14-4-2-3-5-17(14)18/h2-7,9-10,18,20H,8,11-13H2,1H3,(H,21,22)/t18-/m1/s1. The van der Waals surface area contributed by atoms with Gasteiger partial charge < -0.3 is 10.1 Å². The van der Waals surface area contributed by atoms with E-state index >= 15 is 0 Å². The highest BCUT2D eigenvalue weighted by atomic mass is 32.2. The van der Waals surface area contributed by atoms with Crippen molar-refractivity contribution in [3.63, 3.8) is 0 Å². The van der Waals surface area contributed by atoms with E-state index in [0.29, 0.717) is 12.2 Å². The first-order chi connectivity index (χ1) is 12.5. The van der Waals surface area contributed by atoms with Gasteiger partial charge in [0.1, 0.15) is 0 Å². The Hall–Kier alpha value is -2.22. The van der Waals surface area contributed by atoms with Crippen molar-refractivity contribution in [1.29, 1.82) is 0 Å². The van der Waals surface area contributed by atoms with Crippen molar-refractivity contribution in [3.05, 3.63) is 65.2 Å². The molecule has 3 rings (SSSR count). The van der Waals surface area contributed by atoms with E-state index in [2.05, 4.69) is 16.1 Å². The molecule has 7 heteroatoms. The monoisotopic (exact) mass is 374 g/mol. The third-order valence-electron chi connectivity index (χ3n) is 4.46. The van der Waals surface area contributed by atoms with Gasteiger partial charge in [-0.05, 0) is 48.2 Å². The first-order valence-corrected chi connectivity index (χ1v) is 9.97. The Bertz CT molecular complexity index is 879. The van der Waals surface area contributed by atoms with Gasteiger partial charge in [-0.25, -0.2) is 13.1 Å². The van der Waals surface area contributed by atoms with Gasteiger partial charge in [-0.3, -0.25) is 4.79 Å². The molecule has 0 aromatic heterocycles. The van der Waals surface area contributed by atoms with Gasteiger partial charge in [0.15, 0.2) is 0 Å². The number of benzene rings is 2. The number of carbonyl (C=O) groups excluding carboxylic acids is 1. The fourth-order valence-electron chi connectivity index (χ4n) is 3.10. The van der Waals surface area contributed by atoms with Crippen molar-refractivity contribution in [3.8, 4) is 0 Å². The van der Waals surface area contributed by atoms with Crippen molar-refractivity contribution < 1.29 is 17.9 Å². The molecular weight excluding hydrogens is 352 g/mol. The Morgan fingerprint density at radius 1 is 1.15 bits per heavy atom. The van der Waals surface area contributed by atoms with Crippen LogP contribution in [0.3, 0.4) is 0 Å². The Morgan fingerprint density at radius 2 is 1.88 bits per heavy atom. The molecule has 0 saturated carbocycles. The molecule has 0 heterocycles. The molecule has 2 aromatic rings. The average Bonchev–Trinajstić information content (AvgIpc) is 3.05. The highest BCUT2D eigenvalue weighted by molar-refractivity contribution is 7.89. The van der Waals surface area contributed by atoms with Gasteiger partial charge in [0.05, 0.1) is 17.5 Å². The molecular formula is C19H22N2O4S. The molecule has 2 N–H and O–H groups in total. The van der Waals surface area contributed by atoms with Gasteiger partial charge in [0, 0.05) is 19.2 Å². The largest absolute Gasteiger partial charge is 0.383 e. The van der Waals surface area contributed by atoms with Crippen molar-refractivity contribution in [2.75, 3.05) is 20.3 Å². The van der Waals surface area contributed by atoms with Crippen LogP contribution in [-0.2, 0) is 21.2 Å². The Morgan fingerprint density at radius 3 is 2.62 bits per heavy atom. The van der Waals surface area contributed by atoms with Crippen molar-refractivity contribution in [2.45, 2.75) is 23.8 Å². The predicted octanol–water partition coefficient (Wildman–Crippen LogP) is 2.03. The van der Waals surface area contributed by atoms with E-state index in [1.165, 1.54) is 36.9 Å². The molecule has 0 unspecified atom stereocenters. The van der Waals surface area contributed by atoms with E-state index in [0.717, 1.165) is 18.4 Å². The predicted molar refractivity (Wildman–Crippen MR) is 98.5 cm³/mol. The van der Waals surface area contributed by atoms with E-state index < -0.39 is 10.0 Å². The summed E-state index contributed by atoms with van der Waals surface area (Å²) in [5.74, 6) is -0.206. The molecule has 2 aromatic carbocycles. The van der Waals surface area contributed by atoms with E-state index in [1.54, 1.807) is 0 Å². The van der Waals surface area contributed by atoms with E-state index in [1.807, 2.05) is 18.2 Å². The summed E-state index contributed by atoms with van der Waals surface area (Å²) in [6.45, 7) is 0.491. The lowest BCUT2D eigenvalue weighted by Gasteiger charge is -2.14. The van der Waals surface area contributed by atoms with E-state index in [9.17, 15) is 13.2 Å². The van der Waals surface area contributed by atoms with Crippen LogP contribution in [0.15, 0.2) is 53.4 Å². The number of fused-ring (bicyclic) bond motifs is 1. The number of nitrogens with one attached hydrogen (secondary N) is 2. The number of amides is 1. The highest BCUT2D eigenvalue weighted by Gasteiger charge is 2.24. The minimum atomic E-state index is -3.60. The van der Waals surface area contributed by atoms with Crippen molar-refractivity contribution >= 4 is 15.9 Å². The molecule has 1 atom stereocenters. The minimum Gasteiger partial charge on any atom is -0.383 e. The Labute approximate surface area is 153 Å². The van der Waals surface area contributed by atoms with Gasteiger partial charge in [-0.2, -0.15) is 0 Å². The van der Waals surface area contributed by atoms with Gasteiger partial charge in [0.25, 0.3) is 5.91 Å². The zero-order valence-electron chi connectivity index (χ0n) is 14.6. The van der Waals surface area contributed by atoms with Crippen LogP contribution in [0.1, 0.15) is 33.9 Å². The Kier molecular flexibility index (Phi) is 5.70. The molecule has 0 spiro atoms. The first-order valence-electron chi connectivity index (χ1n) is 8.48. The fraction of sp³-hybridized carbons (Fsp3) is 0.316. The number of aryl methyl sites for hydroxylation is 1. The summed E-state index contributed by atoms with van der Waals surface area (Å²) < 4.78 is 31.5. The number of methoxy groups -OCH3 is 1.